The first kappa shape index (κ1) is 21.8. The van der Waals surface area contributed by atoms with E-state index in [1.165, 1.54) is 64.2 Å². The summed E-state index contributed by atoms with van der Waals surface area (Å²) in [6, 6.07) is 0. The lowest BCUT2D eigenvalue weighted by Crippen LogP contribution is -2.04. The van der Waals surface area contributed by atoms with Gasteiger partial charge in [0.15, 0.2) is 0 Å². The van der Waals surface area contributed by atoms with Crippen molar-refractivity contribution < 1.29 is 21.9 Å². The zero-order chi connectivity index (χ0) is 16.5. The van der Waals surface area contributed by atoms with Crippen LogP contribution in [0.4, 0.5) is 0 Å². The summed E-state index contributed by atoms with van der Waals surface area (Å²) in [6.45, 7) is 0.977. The zero-order valence-corrected chi connectivity index (χ0v) is 14.9. The first-order chi connectivity index (χ1) is 10.6. The van der Waals surface area contributed by atoms with Crippen LogP contribution in [0.25, 0.3) is 0 Å². The molecule has 0 aliphatic heterocycles. The molecule has 0 atom stereocenters. The van der Waals surface area contributed by atoms with Crippen LogP contribution in [-0.4, -0.2) is 33.3 Å². The minimum atomic E-state index is -4.25. The molecule has 0 heterocycles. The molecule has 0 fully saturated rings. The van der Waals surface area contributed by atoms with Crippen molar-refractivity contribution in [3.63, 3.8) is 0 Å². The van der Waals surface area contributed by atoms with Crippen molar-refractivity contribution in [1.82, 2.24) is 0 Å². The maximum Gasteiger partial charge on any atom is 0.397 e. The predicted molar refractivity (Wildman–Crippen MR) is 89.4 cm³/mol. The van der Waals surface area contributed by atoms with E-state index in [9.17, 15) is 8.42 Å². The summed E-state index contributed by atoms with van der Waals surface area (Å²) in [5.41, 5.74) is 0. The van der Waals surface area contributed by atoms with Gasteiger partial charge >= 0.3 is 10.4 Å². The van der Waals surface area contributed by atoms with Gasteiger partial charge in [0.25, 0.3) is 0 Å². The Bertz CT molecular complexity index is 316. The topological polar surface area (TPSA) is 72.8 Å². The fourth-order valence-electron chi connectivity index (χ4n) is 2.46. The average molecular weight is 339 g/mol. The zero-order valence-electron chi connectivity index (χ0n) is 14.1. The minimum absolute atomic E-state index is 0.0865. The van der Waals surface area contributed by atoms with Crippen LogP contribution in [-0.2, 0) is 19.3 Å². The molecular formula is C16H34O5S. The highest BCUT2D eigenvalue weighted by atomic mass is 32.3. The second kappa shape index (κ2) is 15.7. The molecule has 0 aliphatic rings. The van der Waals surface area contributed by atoms with Gasteiger partial charge in [0.05, 0.1) is 6.61 Å². The Labute approximate surface area is 136 Å². The molecule has 0 bridgehead atoms. The number of rotatable bonds is 17. The normalized spacial score (nSPS) is 11.9. The molecule has 0 unspecified atom stereocenters. The molecule has 0 radical (unpaired) electrons. The van der Waals surface area contributed by atoms with Gasteiger partial charge in [0.1, 0.15) is 0 Å². The molecule has 0 aliphatic carbocycles. The number of hydrogen-bond donors (Lipinski definition) is 1. The summed E-state index contributed by atoms with van der Waals surface area (Å²) in [5, 5.41) is 0. The van der Waals surface area contributed by atoms with Crippen molar-refractivity contribution in [2.75, 3.05) is 20.3 Å². The Morgan fingerprint density at radius 2 is 0.955 bits per heavy atom. The standard InChI is InChI=1S/C16H34O5S/c1-20-15-13-11-9-7-5-3-2-4-6-8-10-12-14-16-21-22(17,18)19/h2-16H2,1H3,(H,17,18,19). The second-order valence-corrected chi connectivity index (χ2v) is 6.93. The fourth-order valence-corrected chi connectivity index (χ4v) is 2.79. The van der Waals surface area contributed by atoms with E-state index >= 15 is 0 Å². The Morgan fingerprint density at radius 1 is 0.636 bits per heavy atom. The van der Waals surface area contributed by atoms with Crippen LogP contribution >= 0.6 is 0 Å². The Morgan fingerprint density at radius 3 is 1.27 bits per heavy atom. The van der Waals surface area contributed by atoms with Crippen molar-refractivity contribution in [1.29, 1.82) is 0 Å². The van der Waals surface area contributed by atoms with Gasteiger partial charge in [-0.05, 0) is 12.8 Å². The smallest absolute Gasteiger partial charge is 0.385 e. The van der Waals surface area contributed by atoms with Crippen LogP contribution in [0.1, 0.15) is 83.5 Å². The largest absolute Gasteiger partial charge is 0.397 e. The van der Waals surface area contributed by atoms with Gasteiger partial charge in [0.2, 0.25) is 0 Å². The lowest BCUT2D eigenvalue weighted by Gasteiger charge is -2.03. The maximum atomic E-state index is 10.3. The summed E-state index contributed by atoms with van der Waals surface area (Å²) in [6.07, 6.45) is 15.7. The van der Waals surface area contributed by atoms with Crippen LogP contribution in [0.15, 0.2) is 0 Å². The lowest BCUT2D eigenvalue weighted by molar-refractivity contribution is 0.192. The molecule has 22 heavy (non-hydrogen) atoms. The molecule has 5 nitrogen and oxygen atoms in total. The van der Waals surface area contributed by atoms with E-state index < -0.39 is 10.4 Å². The molecule has 0 amide bonds. The van der Waals surface area contributed by atoms with Gasteiger partial charge in [-0.3, -0.25) is 4.55 Å². The van der Waals surface area contributed by atoms with E-state index in [1.807, 2.05) is 0 Å². The Balaban J connectivity index is 3.03. The highest BCUT2D eigenvalue weighted by molar-refractivity contribution is 7.80. The third kappa shape index (κ3) is 19.8. The van der Waals surface area contributed by atoms with Crippen LogP contribution in [0.3, 0.4) is 0 Å². The van der Waals surface area contributed by atoms with Gasteiger partial charge in [-0.25, -0.2) is 4.18 Å². The number of ether oxygens (including phenoxy) is 1. The van der Waals surface area contributed by atoms with Crippen molar-refractivity contribution >= 4 is 10.4 Å². The van der Waals surface area contributed by atoms with Crippen molar-refractivity contribution in [3.8, 4) is 0 Å². The molecule has 0 aromatic heterocycles. The van der Waals surface area contributed by atoms with E-state index in [2.05, 4.69) is 4.18 Å². The van der Waals surface area contributed by atoms with E-state index in [4.69, 9.17) is 9.29 Å². The van der Waals surface area contributed by atoms with Gasteiger partial charge in [-0.15, -0.1) is 0 Å². The maximum absolute atomic E-state index is 10.3. The summed E-state index contributed by atoms with van der Waals surface area (Å²) in [5.74, 6) is 0. The average Bonchev–Trinajstić information content (AvgIpc) is 2.45. The molecule has 0 spiro atoms. The van der Waals surface area contributed by atoms with Crippen molar-refractivity contribution in [2.45, 2.75) is 83.5 Å². The fraction of sp³-hybridized carbons (Fsp3) is 1.00. The molecule has 0 aromatic carbocycles. The minimum Gasteiger partial charge on any atom is -0.385 e. The van der Waals surface area contributed by atoms with Gasteiger partial charge in [-0.2, -0.15) is 8.42 Å². The van der Waals surface area contributed by atoms with E-state index in [0.29, 0.717) is 6.42 Å². The van der Waals surface area contributed by atoms with E-state index in [1.54, 1.807) is 7.11 Å². The molecule has 134 valence electrons. The summed E-state index contributed by atoms with van der Waals surface area (Å²) in [4.78, 5) is 0. The van der Waals surface area contributed by atoms with Crippen LogP contribution in [0.2, 0.25) is 0 Å². The summed E-state index contributed by atoms with van der Waals surface area (Å²) < 4.78 is 38.3. The summed E-state index contributed by atoms with van der Waals surface area (Å²) >= 11 is 0. The van der Waals surface area contributed by atoms with Crippen molar-refractivity contribution in [2.24, 2.45) is 0 Å². The predicted octanol–water partition coefficient (Wildman–Crippen LogP) is 4.52. The monoisotopic (exact) mass is 338 g/mol. The van der Waals surface area contributed by atoms with Gasteiger partial charge in [-0.1, -0.05) is 70.6 Å². The number of hydrogen-bond acceptors (Lipinski definition) is 4. The molecule has 1 N–H and O–H groups in total. The highest BCUT2D eigenvalue weighted by Crippen LogP contribution is 2.12. The quantitative estimate of drug-likeness (QED) is 0.312. The molecule has 0 saturated heterocycles. The van der Waals surface area contributed by atoms with E-state index in [0.717, 1.165) is 19.4 Å². The molecule has 0 aromatic rings. The van der Waals surface area contributed by atoms with Crippen molar-refractivity contribution in [3.05, 3.63) is 0 Å². The molecule has 0 rings (SSSR count). The third-order valence-electron chi connectivity index (χ3n) is 3.73. The number of methoxy groups -OCH3 is 1. The molecule has 0 saturated carbocycles. The molecular weight excluding hydrogens is 304 g/mol. The first-order valence-corrected chi connectivity index (χ1v) is 10.0. The first-order valence-electron chi connectivity index (χ1n) is 8.67. The molecule has 6 heteroatoms. The lowest BCUT2D eigenvalue weighted by atomic mass is 10.0. The van der Waals surface area contributed by atoms with Gasteiger partial charge in [0, 0.05) is 13.7 Å². The number of unbranched alkanes of at least 4 members (excludes halogenated alkanes) is 12. The Kier molecular flexibility index (Phi) is 15.6. The Hall–Kier alpha value is -0.170. The van der Waals surface area contributed by atoms with Crippen LogP contribution in [0, 0.1) is 0 Å². The summed E-state index contributed by atoms with van der Waals surface area (Å²) in [7, 11) is -2.49. The SMILES string of the molecule is COCCCCCCCCCCCCCCCOS(=O)(=O)O. The second-order valence-electron chi connectivity index (χ2n) is 5.84. The van der Waals surface area contributed by atoms with Crippen LogP contribution in [0.5, 0.6) is 0 Å². The third-order valence-corrected chi connectivity index (χ3v) is 4.19. The van der Waals surface area contributed by atoms with Gasteiger partial charge < -0.3 is 4.74 Å². The van der Waals surface area contributed by atoms with E-state index in [-0.39, 0.29) is 6.61 Å². The van der Waals surface area contributed by atoms with Crippen LogP contribution < -0.4 is 0 Å². The highest BCUT2D eigenvalue weighted by Gasteiger charge is 2.02.